The Labute approximate surface area is 143 Å². The van der Waals surface area contributed by atoms with Gasteiger partial charge in [-0.05, 0) is 30.5 Å². The van der Waals surface area contributed by atoms with E-state index in [2.05, 4.69) is 5.32 Å². The van der Waals surface area contributed by atoms with Gasteiger partial charge in [0.25, 0.3) is 0 Å². The largest absolute Gasteiger partial charge is 0.389 e. The van der Waals surface area contributed by atoms with E-state index >= 15 is 0 Å². The van der Waals surface area contributed by atoms with Crippen LogP contribution in [0.15, 0.2) is 54.6 Å². The number of rotatable bonds is 5. The minimum atomic E-state index is -1.07. The van der Waals surface area contributed by atoms with Crippen LogP contribution >= 0.6 is 12.4 Å². The summed E-state index contributed by atoms with van der Waals surface area (Å²) in [6.45, 7) is 3.82. The van der Waals surface area contributed by atoms with Crippen LogP contribution in [0.25, 0.3) is 0 Å². The van der Waals surface area contributed by atoms with Gasteiger partial charge in [-0.3, -0.25) is 4.79 Å². The minimum Gasteiger partial charge on any atom is -0.389 e. The fourth-order valence-electron chi connectivity index (χ4n) is 2.20. The Bertz CT molecular complexity index is 625. The zero-order chi connectivity index (χ0) is 16.2. The summed E-state index contributed by atoms with van der Waals surface area (Å²) in [6.07, 6.45) is -0.492. The lowest BCUT2D eigenvalue weighted by molar-refractivity contribution is -0.126. The fourth-order valence-corrected chi connectivity index (χ4v) is 2.20. The molecule has 0 radical (unpaired) electrons. The number of hydrogen-bond acceptors (Lipinski definition) is 3. The molecule has 2 aromatic carbocycles. The van der Waals surface area contributed by atoms with E-state index in [-0.39, 0.29) is 18.3 Å². The van der Waals surface area contributed by atoms with E-state index in [0.29, 0.717) is 6.54 Å². The van der Waals surface area contributed by atoms with Crippen LogP contribution in [-0.2, 0) is 16.9 Å². The van der Waals surface area contributed by atoms with Gasteiger partial charge in [0, 0.05) is 6.54 Å². The lowest BCUT2D eigenvalue weighted by Gasteiger charge is -2.24. The second-order valence-corrected chi connectivity index (χ2v) is 5.67. The number of hydrogen-bond donors (Lipinski definition) is 3. The molecule has 2 atom stereocenters. The van der Waals surface area contributed by atoms with Crippen LogP contribution in [0.5, 0.6) is 0 Å². The van der Waals surface area contributed by atoms with E-state index in [1.807, 2.05) is 54.6 Å². The van der Waals surface area contributed by atoms with Crippen molar-refractivity contribution in [1.82, 2.24) is 5.32 Å². The normalized spacial score (nSPS) is 14.3. The Balaban J connectivity index is 0.00000264. The van der Waals surface area contributed by atoms with E-state index in [0.717, 1.165) is 16.7 Å². The molecule has 0 aromatic heterocycles. The lowest BCUT2D eigenvalue weighted by atomic mass is 9.92. The summed E-state index contributed by atoms with van der Waals surface area (Å²) < 4.78 is 0. The summed E-state index contributed by atoms with van der Waals surface area (Å²) >= 11 is 0. The third-order valence-electron chi connectivity index (χ3n) is 3.76. The number of aliphatic hydroxyl groups is 1. The van der Waals surface area contributed by atoms with Crippen LogP contribution in [0.4, 0.5) is 0 Å². The standard InChI is InChI=1S/C18H22N2O2.ClH/c1-13(21)15-10-8-14(9-11-15)12-20-17(22)18(2,19)16-6-4-3-5-7-16;/h3-11,13,21H,12,19H2,1-2H3,(H,20,22);1H. The predicted molar refractivity (Wildman–Crippen MR) is 94.2 cm³/mol. The third kappa shape index (κ3) is 4.79. The monoisotopic (exact) mass is 334 g/mol. The van der Waals surface area contributed by atoms with Crippen LogP contribution in [0, 0.1) is 0 Å². The van der Waals surface area contributed by atoms with E-state index in [1.165, 1.54) is 0 Å². The first-order chi connectivity index (χ1) is 10.4. The highest BCUT2D eigenvalue weighted by molar-refractivity contribution is 5.87. The molecule has 0 bridgehead atoms. The van der Waals surface area contributed by atoms with Crippen molar-refractivity contribution in [2.24, 2.45) is 5.73 Å². The van der Waals surface area contributed by atoms with Crippen molar-refractivity contribution in [3.63, 3.8) is 0 Å². The number of benzene rings is 2. The molecule has 0 saturated heterocycles. The quantitative estimate of drug-likeness (QED) is 0.786. The zero-order valence-electron chi connectivity index (χ0n) is 13.3. The zero-order valence-corrected chi connectivity index (χ0v) is 14.1. The lowest BCUT2D eigenvalue weighted by Crippen LogP contribution is -2.48. The van der Waals surface area contributed by atoms with Gasteiger partial charge in [0.05, 0.1) is 6.10 Å². The van der Waals surface area contributed by atoms with Crippen LogP contribution in [0.3, 0.4) is 0 Å². The molecular weight excluding hydrogens is 312 g/mol. The van der Waals surface area contributed by atoms with Gasteiger partial charge in [-0.15, -0.1) is 12.4 Å². The first kappa shape index (κ1) is 19.2. The summed E-state index contributed by atoms with van der Waals surface area (Å²) in [5.41, 5.74) is 7.68. The average molecular weight is 335 g/mol. The van der Waals surface area contributed by atoms with Crippen molar-refractivity contribution in [2.45, 2.75) is 32.0 Å². The summed E-state index contributed by atoms with van der Waals surface area (Å²) in [5.74, 6) is -0.224. The highest BCUT2D eigenvalue weighted by atomic mass is 35.5. The fraction of sp³-hybridized carbons (Fsp3) is 0.278. The molecule has 23 heavy (non-hydrogen) atoms. The molecule has 0 heterocycles. The minimum absolute atomic E-state index is 0. The molecular formula is C18H23ClN2O2. The van der Waals surface area contributed by atoms with Crippen molar-refractivity contribution >= 4 is 18.3 Å². The number of carbonyl (C=O) groups excluding carboxylic acids is 1. The number of aliphatic hydroxyl groups excluding tert-OH is 1. The number of nitrogens with one attached hydrogen (secondary N) is 1. The molecule has 0 fully saturated rings. The second-order valence-electron chi connectivity index (χ2n) is 5.67. The summed E-state index contributed by atoms with van der Waals surface area (Å²) in [7, 11) is 0. The molecule has 2 aromatic rings. The van der Waals surface area contributed by atoms with Crippen LogP contribution in [-0.4, -0.2) is 11.0 Å². The van der Waals surface area contributed by atoms with Crippen LogP contribution in [0.1, 0.15) is 36.6 Å². The van der Waals surface area contributed by atoms with E-state index in [4.69, 9.17) is 5.73 Å². The van der Waals surface area contributed by atoms with E-state index < -0.39 is 11.6 Å². The Morgan fingerprint density at radius 3 is 2.26 bits per heavy atom. The van der Waals surface area contributed by atoms with Gasteiger partial charge in [0.15, 0.2) is 0 Å². The number of nitrogens with two attached hydrogens (primary N) is 1. The molecule has 5 heteroatoms. The SMILES string of the molecule is CC(O)c1ccc(CNC(=O)C(C)(N)c2ccccc2)cc1.Cl. The van der Waals surface area contributed by atoms with Crippen molar-refractivity contribution in [3.8, 4) is 0 Å². The highest BCUT2D eigenvalue weighted by Crippen LogP contribution is 2.18. The molecule has 4 nitrogen and oxygen atoms in total. The molecule has 0 aliphatic carbocycles. The van der Waals surface area contributed by atoms with E-state index in [9.17, 15) is 9.90 Å². The summed E-state index contributed by atoms with van der Waals surface area (Å²) in [6, 6.07) is 16.8. The molecule has 2 unspecified atom stereocenters. The highest BCUT2D eigenvalue weighted by Gasteiger charge is 2.29. The van der Waals surface area contributed by atoms with Crippen molar-refractivity contribution in [2.75, 3.05) is 0 Å². The number of halogens is 1. The Morgan fingerprint density at radius 2 is 1.74 bits per heavy atom. The maximum Gasteiger partial charge on any atom is 0.244 e. The molecule has 0 spiro atoms. The molecule has 124 valence electrons. The van der Waals surface area contributed by atoms with Gasteiger partial charge in [-0.2, -0.15) is 0 Å². The maximum absolute atomic E-state index is 12.3. The molecule has 1 amide bonds. The maximum atomic E-state index is 12.3. The van der Waals surface area contributed by atoms with Gasteiger partial charge in [0.1, 0.15) is 5.54 Å². The Morgan fingerprint density at radius 1 is 1.17 bits per heavy atom. The van der Waals surface area contributed by atoms with Crippen molar-refractivity contribution in [3.05, 3.63) is 71.3 Å². The van der Waals surface area contributed by atoms with Gasteiger partial charge in [-0.25, -0.2) is 0 Å². The molecule has 0 aliphatic rings. The van der Waals surface area contributed by atoms with Crippen molar-refractivity contribution < 1.29 is 9.90 Å². The summed E-state index contributed by atoms with van der Waals surface area (Å²) in [4.78, 5) is 12.3. The van der Waals surface area contributed by atoms with Gasteiger partial charge in [-0.1, -0.05) is 54.6 Å². The third-order valence-corrected chi connectivity index (χ3v) is 3.76. The van der Waals surface area contributed by atoms with Gasteiger partial charge >= 0.3 is 0 Å². The van der Waals surface area contributed by atoms with Crippen molar-refractivity contribution in [1.29, 1.82) is 0 Å². The second kappa shape index (κ2) is 8.11. The molecule has 0 saturated carbocycles. The average Bonchev–Trinajstić information content (AvgIpc) is 2.53. The predicted octanol–water partition coefficient (Wildman–Crippen LogP) is 2.65. The number of carbonyl (C=O) groups is 1. The van der Waals surface area contributed by atoms with Crippen LogP contribution in [0.2, 0.25) is 0 Å². The summed E-state index contributed by atoms with van der Waals surface area (Å²) in [5, 5.41) is 12.3. The van der Waals surface area contributed by atoms with Crippen LogP contribution < -0.4 is 11.1 Å². The molecule has 4 N–H and O–H groups in total. The first-order valence-corrected chi connectivity index (χ1v) is 7.31. The Kier molecular flexibility index (Phi) is 6.76. The molecule has 0 aliphatic heterocycles. The van der Waals surface area contributed by atoms with E-state index in [1.54, 1.807) is 13.8 Å². The van der Waals surface area contributed by atoms with Gasteiger partial charge in [0.2, 0.25) is 5.91 Å². The molecule has 2 rings (SSSR count). The first-order valence-electron chi connectivity index (χ1n) is 7.31. The van der Waals surface area contributed by atoms with Gasteiger partial charge < -0.3 is 16.2 Å². The number of amides is 1. The Hall–Kier alpha value is -1.88. The topological polar surface area (TPSA) is 75.3 Å². The smallest absolute Gasteiger partial charge is 0.244 e.